The number of aliphatic hydroxyl groups is 1. The van der Waals surface area contributed by atoms with Gasteiger partial charge in [0, 0.05) is 6.54 Å². The lowest BCUT2D eigenvalue weighted by atomic mass is 10.1. The van der Waals surface area contributed by atoms with Gasteiger partial charge in [-0.25, -0.2) is 4.79 Å². The Kier molecular flexibility index (Phi) is 9.68. The summed E-state index contributed by atoms with van der Waals surface area (Å²) in [5.74, 6) is -2.81. The summed E-state index contributed by atoms with van der Waals surface area (Å²) in [7, 11) is 0. The number of carbonyl (C=O) groups excluding carboxylic acids is 3. The van der Waals surface area contributed by atoms with Crippen LogP contribution in [0.1, 0.15) is 32.1 Å². The van der Waals surface area contributed by atoms with Crippen LogP contribution >= 0.6 is 0 Å². The van der Waals surface area contributed by atoms with Crippen molar-refractivity contribution in [2.75, 3.05) is 26.2 Å². The maximum atomic E-state index is 12.5. The van der Waals surface area contributed by atoms with Crippen molar-refractivity contribution in [3.63, 3.8) is 0 Å². The van der Waals surface area contributed by atoms with E-state index >= 15 is 0 Å². The molecule has 8 N–H and O–H groups in total. The van der Waals surface area contributed by atoms with Crippen LogP contribution in [0.15, 0.2) is 0 Å². The topological polar surface area (TPSA) is 188 Å². The number of aliphatic hydroxyl groups excluding tert-OH is 1. The molecule has 27 heavy (non-hydrogen) atoms. The number of hydrogen-bond donors (Lipinski definition) is 6. The Morgan fingerprint density at radius 2 is 1.93 bits per heavy atom. The fraction of sp³-hybridized carbons (Fsp3) is 0.750. The van der Waals surface area contributed by atoms with Crippen LogP contribution < -0.4 is 22.1 Å². The van der Waals surface area contributed by atoms with E-state index < -0.39 is 48.4 Å². The van der Waals surface area contributed by atoms with E-state index in [9.17, 15) is 24.3 Å². The third kappa shape index (κ3) is 7.12. The maximum absolute atomic E-state index is 12.5. The largest absolute Gasteiger partial charge is 0.480 e. The van der Waals surface area contributed by atoms with Crippen LogP contribution in [-0.2, 0) is 19.2 Å². The van der Waals surface area contributed by atoms with Crippen molar-refractivity contribution in [1.82, 2.24) is 15.5 Å². The number of carbonyl (C=O) groups is 4. The predicted octanol–water partition coefficient (Wildman–Crippen LogP) is -2.89. The zero-order chi connectivity index (χ0) is 20.4. The summed E-state index contributed by atoms with van der Waals surface area (Å²) >= 11 is 0. The van der Waals surface area contributed by atoms with Crippen molar-refractivity contribution >= 4 is 23.7 Å². The molecule has 11 heteroatoms. The Labute approximate surface area is 157 Å². The van der Waals surface area contributed by atoms with Crippen molar-refractivity contribution in [2.24, 2.45) is 11.5 Å². The lowest BCUT2D eigenvalue weighted by Gasteiger charge is -2.26. The van der Waals surface area contributed by atoms with Crippen LogP contribution in [0.2, 0.25) is 0 Å². The summed E-state index contributed by atoms with van der Waals surface area (Å²) in [6.07, 6.45) is 2.49. The predicted molar refractivity (Wildman–Crippen MR) is 95.3 cm³/mol. The first kappa shape index (κ1) is 22.8. The number of carboxylic acids is 1. The molecule has 0 aromatic carbocycles. The summed E-state index contributed by atoms with van der Waals surface area (Å²) in [6.45, 7) is -0.120. The molecule has 1 heterocycles. The third-order valence-electron chi connectivity index (χ3n) is 4.38. The van der Waals surface area contributed by atoms with Gasteiger partial charge in [-0.3, -0.25) is 14.4 Å². The molecular formula is C16H29N5O6. The lowest BCUT2D eigenvalue weighted by molar-refractivity contribution is -0.144. The number of carboxylic acid groups (broad SMARTS) is 1. The Morgan fingerprint density at radius 3 is 2.52 bits per heavy atom. The van der Waals surface area contributed by atoms with Crippen LogP contribution in [0.5, 0.6) is 0 Å². The summed E-state index contributed by atoms with van der Waals surface area (Å²) in [6, 6.07) is -2.94. The monoisotopic (exact) mass is 387 g/mol. The standard InChI is InChI=1S/C16H29N5O6/c17-6-2-1-4-11(16(26)27)20-15(25)12-5-3-7-21(12)13(23)8-19-14(24)10(18)9-22/h10-12,22H,1-9,17-18H2,(H,19,24)(H,20,25)(H,26,27). The van der Waals surface area contributed by atoms with Gasteiger partial charge in [0.1, 0.15) is 18.1 Å². The number of amides is 3. The number of hydrogen-bond acceptors (Lipinski definition) is 7. The van der Waals surface area contributed by atoms with Gasteiger partial charge in [-0.1, -0.05) is 0 Å². The molecule has 1 rings (SSSR count). The molecule has 1 saturated heterocycles. The molecule has 0 aliphatic carbocycles. The number of rotatable bonds is 11. The molecule has 1 aliphatic rings. The number of unbranched alkanes of at least 4 members (excludes halogenated alkanes) is 1. The Balaban J connectivity index is 2.61. The smallest absolute Gasteiger partial charge is 0.326 e. The Hall–Kier alpha value is -2.24. The molecule has 3 amide bonds. The van der Waals surface area contributed by atoms with Gasteiger partial charge in [0.25, 0.3) is 0 Å². The fourth-order valence-corrected chi connectivity index (χ4v) is 2.83. The quantitative estimate of drug-likeness (QED) is 0.204. The number of aliphatic carboxylic acids is 1. The summed E-state index contributed by atoms with van der Waals surface area (Å²) < 4.78 is 0. The van der Waals surface area contributed by atoms with Gasteiger partial charge in [0.15, 0.2) is 0 Å². The van der Waals surface area contributed by atoms with E-state index in [1.54, 1.807) is 0 Å². The van der Waals surface area contributed by atoms with Crippen LogP contribution in [-0.4, -0.2) is 83.2 Å². The highest BCUT2D eigenvalue weighted by molar-refractivity contribution is 5.92. The second-order valence-electron chi connectivity index (χ2n) is 6.44. The first-order valence-corrected chi connectivity index (χ1v) is 8.98. The van der Waals surface area contributed by atoms with E-state index in [-0.39, 0.29) is 13.0 Å². The molecule has 154 valence electrons. The molecule has 0 bridgehead atoms. The minimum Gasteiger partial charge on any atom is -0.480 e. The van der Waals surface area contributed by atoms with E-state index in [0.29, 0.717) is 38.8 Å². The molecule has 3 atom stereocenters. The Morgan fingerprint density at radius 1 is 1.22 bits per heavy atom. The molecule has 1 fully saturated rings. The van der Waals surface area contributed by atoms with Gasteiger partial charge < -0.3 is 37.2 Å². The summed E-state index contributed by atoms with van der Waals surface area (Å²) in [4.78, 5) is 48.9. The number of likely N-dealkylation sites (tertiary alicyclic amines) is 1. The SMILES string of the molecule is NCCCCC(NC(=O)C1CCCN1C(=O)CNC(=O)C(N)CO)C(=O)O. The molecule has 0 aromatic heterocycles. The van der Waals surface area contributed by atoms with Gasteiger partial charge in [0.05, 0.1) is 13.2 Å². The van der Waals surface area contributed by atoms with Crippen molar-refractivity contribution in [3.8, 4) is 0 Å². The van der Waals surface area contributed by atoms with E-state index in [2.05, 4.69) is 10.6 Å². The van der Waals surface area contributed by atoms with Crippen molar-refractivity contribution in [3.05, 3.63) is 0 Å². The van der Waals surface area contributed by atoms with Crippen molar-refractivity contribution < 1.29 is 29.4 Å². The van der Waals surface area contributed by atoms with Gasteiger partial charge in [0.2, 0.25) is 17.7 Å². The number of nitrogens with zero attached hydrogens (tertiary/aromatic N) is 1. The molecule has 1 aliphatic heterocycles. The highest BCUT2D eigenvalue weighted by atomic mass is 16.4. The van der Waals surface area contributed by atoms with Gasteiger partial charge >= 0.3 is 5.97 Å². The average molecular weight is 387 g/mol. The molecule has 3 unspecified atom stereocenters. The van der Waals surface area contributed by atoms with Crippen LogP contribution in [0.4, 0.5) is 0 Å². The first-order chi connectivity index (χ1) is 12.8. The van der Waals surface area contributed by atoms with Crippen LogP contribution in [0.3, 0.4) is 0 Å². The molecule has 0 saturated carbocycles. The normalized spacial score (nSPS) is 18.6. The molecule has 0 radical (unpaired) electrons. The second kappa shape index (κ2) is 11.5. The minimum absolute atomic E-state index is 0.258. The lowest BCUT2D eigenvalue weighted by Crippen LogP contribution is -2.53. The fourth-order valence-electron chi connectivity index (χ4n) is 2.83. The molecule has 0 aromatic rings. The van der Waals surface area contributed by atoms with E-state index in [1.165, 1.54) is 4.90 Å². The maximum Gasteiger partial charge on any atom is 0.326 e. The van der Waals surface area contributed by atoms with Gasteiger partial charge in [-0.05, 0) is 38.6 Å². The molecule has 0 spiro atoms. The van der Waals surface area contributed by atoms with E-state index in [1.807, 2.05) is 0 Å². The first-order valence-electron chi connectivity index (χ1n) is 8.98. The van der Waals surface area contributed by atoms with Gasteiger partial charge in [-0.15, -0.1) is 0 Å². The molecule has 11 nitrogen and oxygen atoms in total. The highest BCUT2D eigenvalue weighted by Gasteiger charge is 2.35. The number of nitrogens with one attached hydrogen (secondary N) is 2. The molecular weight excluding hydrogens is 358 g/mol. The third-order valence-corrected chi connectivity index (χ3v) is 4.38. The second-order valence-corrected chi connectivity index (χ2v) is 6.44. The van der Waals surface area contributed by atoms with Crippen molar-refractivity contribution in [1.29, 1.82) is 0 Å². The zero-order valence-electron chi connectivity index (χ0n) is 15.2. The summed E-state index contributed by atoms with van der Waals surface area (Å²) in [5.41, 5.74) is 10.7. The van der Waals surface area contributed by atoms with E-state index in [0.717, 1.165) is 0 Å². The Bertz CT molecular complexity index is 543. The van der Waals surface area contributed by atoms with Crippen molar-refractivity contribution in [2.45, 2.75) is 50.2 Å². The summed E-state index contributed by atoms with van der Waals surface area (Å²) in [5, 5.41) is 22.9. The number of nitrogens with two attached hydrogens (primary N) is 2. The minimum atomic E-state index is -1.14. The van der Waals surface area contributed by atoms with E-state index in [4.69, 9.17) is 16.6 Å². The van der Waals surface area contributed by atoms with Gasteiger partial charge in [-0.2, -0.15) is 0 Å². The van der Waals surface area contributed by atoms with Crippen LogP contribution in [0, 0.1) is 0 Å². The van der Waals surface area contributed by atoms with Crippen LogP contribution in [0.25, 0.3) is 0 Å². The highest BCUT2D eigenvalue weighted by Crippen LogP contribution is 2.18. The zero-order valence-corrected chi connectivity index (χ0v) is 15.2. The average Bonchev–Trinajstić information content (AvgIpc) is 3.14.